The predicted octanol–water partition coefficient (Wildman–Crippen LogP) is 7.09. The first-order valence-electron chi connectivity index (χ1n) is 10.8. The van der Waals surface area contributed by atoms with Crippen LogP contribution in [0.2, 0.25) is 0 Å². The lowest BCUT2D eigenvalue weighted by molar-refractivity contribution is 0.0589. The summed E-state index contributed by atoms with van der Waals surface area (Å²) in [4.78, 5) is 15.9. The fraction of sp³-hybridized carbons (Fsp3) is 0.500. The van der Waals surface area contributed by atoms with Gasteiger partial charge in [-0.05, 0) is 61.9 Å². The molecule has 2 aromatic carbocycles. The third-order valence-electron chi connectivity index (χ3n) is 4.97. The number of rotatable bonds is 3. The van der Waals surface area contributed by atoms with Crippen molar-refractivity contribution < 1.29 is 14.6 Å². The Bertz CT molecular complexity index is 961. The molecule has 32 heavy (non-hydrogen) atoms. The van der Waals surface area contributed by atoms with Crippen LogP contribution in [0.15, 0.2) is 40.1 Å². The highest BCUT2D eigenvalue weighted by Gasteiger charge is 2.27. The van der Waals surface area contributed by atoms with Crippen molar-refractivity contribution in [3.8, 4) is 5.75 Å². The second-order valence-corrected chi connectivity index (χ2v) is 12.4. The topological polar surface area (TPSA) is 75.8 Å². The molecule has 0 unspecified atom stereocenters. The van der Waals surface area contributed by atoms with Gasteiger partial charge in [0.2, 0.25) is 0 Å². The quantitative estimate of drug-likeness (QED) is 0.480. The molecule has 0 fully saturated rings. The SMILES string of the molecule is CN(C(=O)OC(C)(C)C)c1cc(Sc2cc(C(C)(C)C)c(O)c(C(C)(C)C)c2)ccc1N. The van der Waals surface area contributed by atoms with E-state index in [2.05, 4.69) is 41.5 Å². The molecule has 176 valence electrons. The predicted molar refractivity (Wildman–Crippen MR) is 135 cm³/mol. The fourth-order valence-corrected chi connectivity index (χ4v) is 4.18. The minimum absolute atomic E-state index is 0.205. The van der Waals surface area contributed by atoms with E-state index >= 15 is 0 Å². The van der Waals surface area contributed by atoms with Gasteiger partial charge in [-0.1, -0.05) is 53.3 Å². The maximum absolute atomic E-state index is 12.5. The Kier molecular flexibility index (Phi) is 7.20. The van der Waals surface area contributed by atoms with Crippen LogP contribution in [0.25, 0.3) is 0 Å². The van der Waals surface area contributed by atoms with Gasteiger partial charge >= 0.3 is 6.09 Å². The van der Waals surface area contributed by atoms with Crippen LogP contribution >= 0.6 is 11.8 Å². The van der Waals surface area contributed by atoms with Gasteiger partial charge < -0.3 is 15.6 Å². The molecule has 5 nitrogen and oxygen atoms in total. The number of nitrogens with two attached hydrogens (primary N) is 1. The number of phenolic OH excluding ortho intramolecular Hbond substituents is 1. The molecule has 1 amide bonds. The van der Waals surface area contributed by atoms with Crippen molar-refractivity contribution in [3.05, 3.63) is 41.5 Å². The molecule has 0 bridgehead atoms. The Morgan fingerprint density at radius 1 is 0.906 bits per heavy atom. The molecular formula is C26H38N2O3S. The Labute approximate surface area is 197 Å². The molecule has 0 aliphatic rings. The molecular weight excluding hydrogens is 420 g/mol. The summed E-state index contributed by atoms with van der Waals surface area (Å²) in [5, 5.41) is 11.0. The molecule has 0 aromatic heterocycles. The van der Waals surface area contributed by atoms with E-state index in [1.165, 1.54) is 4.90 Å². The van der Waals surface area contributed by atoms with Crippen molar-refractivity contribution in [2.45, 2.75) is 88.5 Å². The molecule has 0 radical (unpaired) electrons. The van der Waals surface area contributed by atoms with Gasteiger partial charge in [-0.15, -0.1) is 0 Å². The first-order chi connectivity index (χ1) is 14.4. The maximum Gasteiger partial charge on any atom is 0.414 e. The van der Waals surface area contributed by atoms with Crippen LogP contribution < -0.4 is 10.6 Å². The molecule has 3 N–H and O–H groups in total. The van der Waals surface area contributed by atoms with E-state index in [0.29, 0.717) is 17.1 Å². The van der Waals surface area contributed by atoms with Crippen LogP contribution in [0.3, 0.4) is 0 Å². The third-order valence-corrected chi connectivity index (χ3v) is 5.93. The highest BCUT2D eigenvalue weighted by molar-refractivity contribution is 7.99. The van der Waals surface area contributed by atoms with Crippen molar-refractivity contribution in [1.29, 1.82) is 0 Å². The highest BCUT2D eigenvalue weighted by atomic mass is 32.2. The molecule has 0 aliphatic heterocycles. The number of amides is 1. The minimum Gasteiger partial charge on any atom is -0.507 e. The number of carbonyl (C=O) groups excluding carboxylic acids is 1. The summed E-state index contributed by atoms with van der Waals surface area (Å²) in [7, 11) is 1.66. The molecule has 2 rings (SSSR count). The van der Waals surface area contributed by atoms with Crippen LogP contribution in [0.1, 0.15) is 73.4 Å². The van der Waals surface area contributed by atoms with Crippen molar-refractivity contribution in [2.75, 3.05) is 17.7 Å². The van der Waals surface area contributed by atoms with Crippen molar-refractivity contribution >= 4 is 29.2 Å². The monoisotopic (exact) mass is 458 g/mol. The van der Waals surface area contributed by atoms with E-state index in [0.717, 1.165) is 20.9 Å². The van der Waals surface area contributed by atoms with E-state index in [1.54, 1.807) is 24.9 Å². The number of phenols is 1. The van der Waals surface area contributed by atoms with Crippen LogP contribution in [0, 0.1) is 0 Å². The van der Waals surface area contributed by atoms with Gasteiger partial charge in [0.05, 0.1) is 11.4 Å². The van der Waals surface area contributed by atoms with Crippen molar-refractivity contribution in [2.24, 2.45) is 0 Å². The fourth-order valence-electron chi connectivity index (χ4n) is 3.25. The average Bonchev–Trinajstić information content (AvgIpc) is 2.60. The van der Waals surface area contributed by atoms with Gasteiger partial charge in [-0.2, -0.15) is 0 Å². The standard InChI is InChI=1S/C26H38N2O3S/c1-24(2,3)18-13-17(14-19(22(18)29)25(4,5)6)32-16-11-12-20(27)21(15-16)28(10)23(30)31-26(7,8)9/h11-15,29H,27H2,1-10H3. The first-order valence-corrected chi connectivity index (χ1v) is 11.6. The highest BCUT2D eigenvalue weighted by Crippen LogP contribution is 2.43. The summed E-state index contributed by atoms with van der Waals surface area (Å²) < 4.78 is 5.48. The van der Waals surface area contributed by atoms with E-state index < -0.39 is 11.7 Å². The summed E-state index contributed by atoms with van der Waals surface area (Å²) >= 11 is 1.58. The number of carbonyl (C=O) groups is 1. The zero-order valence-electron chi connectivity index (χ0n) is 21.1. The van der Waals surface area contributed by atoms with Gasteiger partial charge in [0.1, 0.15) is 11.4 Å². The Balaban J connectivity index is 2.47. The second-order valence-electron chi connectivity index (χ2n) is 11.2. The van der Waals surface area contributed by atoms with Crippen LogP contribution in [0.4, 0.5) is 16.2 Å². The smallest absolute Gasteiger partial charge is 0.414 e. The van der Waals surface area contributed by atoms with Crippen LogP contribution in [0.5, 0.6) is 5.75 Å². The summed E-state index contributed by atoms with van der Waals surface area (Å²) in [5.41, 5.74) is 8.09. The van der Waals surface area contributed by atoms with Crippen LogP contribution in [-0.2, 0) is 15.6 Å². The lowest BCUT2D eigenvalue weighted by Gasteiger charge is -2.28. The normalized spacial score (nSPS) is 12.6. The molecule has 0 spiro atoms. The molecule has 2 aromatic rings. The molecule has 0 saturated heterocycles. The minimum atomic E-state index is -0.592. The maximum atomic E-state index is 12.5. The van der Waals surface area contributed by atoms with E-state index in [9.17, 15) is 9.90 Å². The lowest BCUT2D eigenvalue weighted by Crippen LogP contribution is -2.34. The summed E-state index contributed by atoms with van der Waals surface area (Å²) in [6.07, 6.45) is -0.457. The number of anilines is 2. The molecule has 0 saturated carbocycles. The van der Waals surface area contributed by atoms with Crippen molar-refractivity contribution in [3.63, 3.8) is 0 Å². The van der Waals surface area contributed by atoms with Gasteiger partial charge in [0.25, 0.3) is 0 Å². The average molecular weight is 459 g/mol. The van der Waals surface area contributed by atoms with Gasteiger partial charge in [0.15, 0.2) is 0 Å². The zero-order chi connectivity index (χ0) is 24.6. The number of hydrogen-bond donors (Lipinski definition) is 2. The van der Waals surface area contributed by atoms with E-state index in [1.807, 2.05) is 45.0 Å². The summed E-state index contributed by atoms with van der Waals surface area (Å²) in [5.74, 6) is 0.358. The van der Waals surface area contributed by atoms with E-state index in [4.69, 9.17) is 10.5 Å². The number of ether oxygens (including phenoxy) is 1. The number of nitrogens with zero attached hydrogens (tertiary/aromatic N) is 1. The number of nitrogen functional groups attached to an aromatic ring is 1. The molecule has 0 aliphatic carbocycles. The van der Waals surface area contributed by atoms with Gasteiger partial charge in [-0.3, -0.25) is 4.90 Å². The largest absolute Gasteiger partial charge is 0.507 e. The number of hydrogen-bond acceptors (Lipinski definition) is 5. The Hall–Kier alpha value is -2.34. The molecule has 0 heterocycles. The summed E-state index contributed by atoms with van der Waals surface area (Å²) in [6, 6.07) is 9.72. The Morgan fingerprint density at radius 3 is 1.84 bits per heavy atom. The third kappa shape index (κ3) is 6.35. The van der Waals surface area contributed by atoms with Gasteiger partial charge in [-0.25, -0.2) is 4.79 Å². The first kappa shape index (κ1) is 25.9. The van der Waals surface area contributed by atoms with Crippen LogP contribution in [-0.4, -0.2) is 23.8 Å². The molecule has 6 heteroatoms. The van der Waals surface area contributed by atoms with Crippen molar-refractivity contribution in [1.82, 2.24) is 0 Å². The Morgan fingerprint density at radius 2 is 1.41 bits per heavy atom. The molecule has 0 atom stereocenters. The van der Waals surface area contributed by atoms with Gasteiger partial charge in [0, 0.05) is 28.0 Å². The lowest BCUT2D eigenvalue weighted by atomic mass is 9.79. The number of aromatic hydroxyl groups is 1. The van der Waals surface area contributed by atoms with E-state index in [-0.39, 0.29) is 10.8 Å². The summed E-state index contributed by atoms with van der Waals surface area (Å²) in [6.45, 7) is 18.1. The zero-order valence-corrected chi connectivity index (χ0v) is 21.9. The second kappa shape index (κ2) is 8.89. The number of benzene rings is 2.